The van der Waals surface area contributed by atoms with E-state index in [9.17, 15) is 14.4 Å². The first-order chi connectivity index (χ1) is 13.3. The number of nitrogens with zero attached hydrogens (tertiary/aromatic N) is 1. The molecule has 2 saturated heterocycles. The van der Waals surface area contributed by atoms with Crippen LogP contribution in [-0.2, 0) is 27.4 Å². The molecule has 1 aromatic rings. The van der Waals surface area contributed by atoms with E-state index >= 15 is 0 Å². The maximum atomic E-state index is 12.8. The molecule has 0 spiro atoms. The first-order valence-corrected chi connectivity index (χ1v) is 9.72. The molecule has 3 N–H and O–H groups in total. The van der Waals surface area contributed by atoms with Crippen LogP contribution in [0.3, 0.4) is 0 Å². The molecule has 3 aliphatic rings. The Hall–Kier alpha value is -2.29. The van der Waals surface area contributed by atoms with Gasteiger partial charge in [0.05, 0.1) is 6.61 Å². The van der Waals surface area contributed by atoms with E-state index in [1.807, 2.05) is 32.0 Å². The third-order valence-electron chi connectivity index (χ3n) is 5.58. The minimum Gasteiger partial charge on any atom is -0.360 e. The molecule has 1 aromatic carbocycles. The van der Waals surface area contributed by atoms with Crippen molar-refractivity contribution in [3.8, 4) is 0 Å². The summed E-state index contributed by atoms with van der Waals surface area (Å²) >= 11 is 0. The van der Waals surface area contributed by atoms with E-state index in [1.54, 1.807) is 4.90 Å². The molecule has 3 amide bonds. The predicted molar refractivity (Wildman–Crippen MR) is 101 cm³/mol. The highest BCUT2D eigenvalue weighted by atomic mass is 16.5. The molecule has 28 heavy (non-hydrogen) atoms. The van der Waals surface area contributed by atoms with Gasteiger partial charge in [-0.2, -0.15) is 0 Å². The van der Waals surface area contributed by atoms with E-state index in [-0.39, 0.29) is 35.9 Å². The number of nitrogens with one attached hydrogen (secondary N) is 3. The highest BCUT2D eigenvalue weighted by molar-refractivity contribution is 6.05. The lowest BCUT2D eigenvalue weighted by molar-refractivity contribution is -0.136. The normalized spacial score (nSPS) is 26.5. The highest BCUT2D eigenvalue weighted by Gasteiger charge is 2.39. The smallest absolute Gasteiger partial charge is 0.255 e. The van der Waals surface area contributed by atoms with Crippen LogP contribution in [0.15, 0.2) is 18.2 Å². The summed E-state index contributed by atoms with van der Waals surface area (Å²) in [5.41, 5.74) is 2.36. The molecule has 0 saturated carbocycles. The third-order valence-corrected chi connectivity index (χ3v) is 5.58. The molecule has 1 unspecified atom stereocenters. The van der Waals surface area contributed by atoms with Gasteiger partial charge in [-0.25, -0.2) is 0 Å². The van der Waals surface area contributed by atoms with Gasteiger partial charge in [0.2, 0.25) is 11.8 Å². The van der Waals surface area contributed by atoms with Gasteiger partial charge < -0.3 is 15.0 Å². The van der Waals surface area contributed by atoms with Gasteiger partial charge in [0.1, 0.15) is 11.8 Å². The van der Waals surface area contributed by atoms with E-state index < -0.39 is 6.04 Å². The van der Waals surface area contributed by atoms with Crippen LogP contribution in [0, 0.1) is 0 Å². The van der Waals surface area contributed by atoms with Crippen LogP contribution < -0.4 is 16.0 Å². The second-order valence-corrected chi connectivity index (χ2v) is 8.14. The molecule has 8 heteroatoms. The molecular weight excluding hydrogens is 360 g/mol. The molecule has 3 aliphatic heterocycles. The number of piperidine rings is 1. The number of amides is 3. The first-order valence-electron chi connectivity index (χ1n) is 9.72. The zero-order chi connectivity index (χ0) is 19.9. The number of hydrogen-bond donors (Lipinski definition) is 3. The van der Waals surface area contributed by atoms with Crippen LogP contribution in [0.25, 0.3) is 0 Å². The first kappa shape index (κ1) is 19.0. The van der Waals surface area contributed by atoms with Crippen molar-refractivity contribution in [1.82, 2.24) is 20.9 Å². The second-order valence-electron chi connectivity index (χ2n) is 8.14. The minimum absolute atomic E-state index is 0.140. The Morgan fingerprint density at radius 1 is 1.29 bits per heavy atom. The predicted octanol–water partition coefficient (Wildman–Crippen LogP) is 0.262. The molecule has 4 rings (SSSR count). The van der Waals surface area contributed by atoms with Gasteiger partial charge in [0.25, 0.3) is 5.91 Å². The van der Waals surface area contributed by atoms with Crippen molar-refractivity contribution in [2.75, 3.05) is 13.2 Å². The topological polar surface area (TPSA) is 99.8 Å². The molecular formula is C20H26N4O4. The molecule has 0 bridgehead atoms. The lowest BCUT2D eigenvalue weighted by Gasteiger charge is -2.29. The quantitative estimate of drug-likeness (QED) is 0.628. The average Bonchev–Trinajstić information content (AvgIpc) is 3.15. The molecule has 0 radical (unpaired) electrons. The number of benzene rings is 1. The van der Waals surface area contributed by atoms with Gasteiger partial charge in [0, 0.05) is 37.7 Å². The van der Waals surface area contributed by atoms with E-state index in [0.717, 1.165) is 17.7 Å². The summed E-state index contributed by atoms with van der Waals surface area (Å²) in [6.07, 6.45) is 0.638. The Morgan fingerprint density at radius 3 is 2.82 bits per heavy atom. The van der Waals surface area contributed by atoms with Crippen molar-refractivity contribution in [2.45, 2.75) is 57.6 Å². The van der Waals surface area contributed by atoms with Crippen LogP contribution in [0.4, 0.5) is 0 Å². The average molecular weight is 386 g/mol. The summed E-state index contributed by atoms with van der Waals surface area (Å²) in [4.78, 5) is 38.0. The molecule has 3 heterocycles. The molecule has 2 atom stereocenters. The molecule has 0 aromatic heterocycles. The van der Waals surface area contributed by atoms with E-state index in [2.05, 4.69) is 16.0 Å². The van der Waals surface area contributed by atoms with Gasteiger partial charge >= 0.3 is 0 Å². The summed E-state index contributed by atoms with van der Waals surface area (Å²) in [5.74, 6) is -0.797. The Bertz CT molecular complexity index is 822. The Labute approximate surface area is 164 Å². The number of fused-ring (bicyclic) bond motifs is 1. The fraction of sp³-hybridized carbons (Fsp3) is 0.550. The maximum absolute atomic E-state index is 12.8. The zero-order valence-corrected chi connectivity index (χ0v) is 16.2. The SMILES string of the molecule is CC1(C)N[C@H](CNCc2cccc3c2CN(C2CCC(=O)NC2=O)C3=O)CO1. The van der Waals surface area contributed by atoms with E-state index in [1.165, 1.54) is 0 Å². The summed E-state index contributed by atoms with van der Waals surface area (Å²) < 4.78 is 5.68. The largest absolute Gasteiger partial charge is 0.360 e. The van der Waals surface area contributed by atoms with Crippen molar-refractivity contribution < 1.29 is 19.1 Å². The Morgan fingerprint density at radius 2 is 2.11 bits per heavy atom. The lowest BCUT2D eigenvalue weighted by Crippen LogP contribution is -2.52. The molecule has 2 fully saturated rings. The number of carbonyl (C=O) groups is 3. The van der Waals surface area contributed by atoms with Gasteiger partial charge in [-0.1, -0.05) is 12.1 Å². The van der Waals surface area contributed by atoms with Gasteiger partial charge in [0.15, 0.2) is 0 Å². The molecule has 150 valence electrons. The van der Waals surface area contributed by atoms with E-state index in [4.69, 9.17) is 4.74 Å². The minimum atomic E-state index is -0.583. The van der Waals surface area contributed by atoms with Crippen LogP contribution in [0.2, 0.25) is 0 Å². The number of hydrogen-bond acceptors (Lipinski definition) is 6. The number of ether oxygens (including phenoxy) is 1. The number of imide groups is 1. The van der Waals surface area contributed by atoms with Crippen LogP contribution in [0.5, 0.6) is 0 Å². The zero-order valence-electron chi connectivity index (χ0n) is 16.2. The van der Waals surface area contributed by atoms with Crippen LogP contribution in [0.1, 0.15) is 48.2 Å². The number of carbonyl (C=O) groups excluding carboxylic acids is 3. The standard InChI is InChI=1S/C20H26N4O4/c1-20(2)23-13(11-28-20)9-21-8-12-4-3-5-14-15(12)10-24(19(14)27)16-6-7-17(25)22-18(16)26/h3-5,13,16,21,23H,6-11H2,1-2H3,(H,22,25,26)/t13-,16?/m1/s1. The maximum Gasteiger partial charge on any atom is 0.255 e. The molecule has 8 nitrogen and oxygen atoms in total. The van der Waals surface area contributed by atoms with Crippen molar-refractivity contribution in [3.05, 3.63) is 34.9 Å². The number of rotatable bonds is 5. The van der Waals surface area contributed by atoms with Gasteiger partial charge in [-0.05, 0) is 37.5 Å². The van der Waals surface area contributed by atoms with E-state index in [0.29, 0.717) is 31.7 Å². The summed E-state index contributed by atoms with van der Waals surface area (Å²) in [6, 6.07) is 5.35. The highest BCUT2D eigenvalue weighted by Crippen LogP contribution is 2.29. The molecule has 0 aliphatic carbocycles. The Balaban J connectivity index is 1.41. The Kier molecular flexibility index (Phi) is 4.95. The fourth-order valence-electron chi connectivity index (χ4n) is 4.19. The summed E-state index contributed by atoms with van der Waals surface area (Å²) in [7, 11) is 0. The van der Waals surface area contributed by atoms with Crippen LogP contribution >= 0.6 is 0 Å². The van der Waals surface area contributed by atoms with Crippen molar-refractivity contribution in [3.63, 3.8) is 0 Å². The second kappa shape index (κ2) is 7.27. The van der Waals surface area contributed by atoms with Crippen molar-refractivity contribution in [2.24, 2.45) is 0 Å². The summed E-state index contributed by atoms with van der Waals surface area (Å²) in [6.45, 7) is 6.47. The summed E-state index contributed by atoms with van der Waals surface area (Å²) in [5, 5.41) is 9.19. The third kappa shape index (κ3) is 3.67. The van der Waals surface area contributed by atoms with Crippen molar-refractivity contribution in [1.29, 1.82) is 0 Å². The lowest BCUT2D eigenvalue weighted by atomic mass is 10.0. The monoisotopic (exact) mass is 386 g/mol. The fourth-order valence-corrected chi connectivity index (χ4v) is 4.19. The van der Waals surface area contributed by atoms with Gasteiger partial charge in [-0.15, -0.1) is 0 Å². The van der Waals surface area contributed by atoms with Crippen LogP contribution in [-0.4, -0.2) is 53.6 Å². The van der Waals surface area contributed by atoms with Gasteiger partial charge in [-0.3, -0.25) is 25.0 Å². The van der Waals surface area contributed by atoms with Crippen molar-refractivity contribution >= 4 is 17.7 Å².